The maximum absolute atomic E-state index is 11.7. The third-order valence-electron chi connectivity index (χ3n) is 4.46. The van der Waals surface area contributed by atoms with E-state index in [9.17, 15) is 4.79 Å². The van der Waals surface area contributed by atoms with Crippen LogP contribution >= 0.6 is 0 Å². The number of likely N-dealkylation sites (N-methyl/N-ethyl adjacent to an activating group) is 1. The first kappa shape index (κ1) is 23.3. The van der Waals surface area contributed by atoms with Crippen LogP contribution in [0.4, 0.5) is 0 Å². The standard InChI is InChI=1S/C18H39N5O3/c1-22-11-13-23(14-12-22)10-4-16-26-17-18(25)21-9-8-20-7-6-19-5-2-3-15-24/h19-20,24H,2-17H2,1H3,(H,21,25). The summed E-state index contributed by atoms with van der Waals surface area (Å²) in [4.78, 5) is 16.5. The lowest BCUT2D eigenvalue weighted by atomic mass is 10.3. The van der Waals surface area contributed by atoms with Gasteiger partial charge in [0.1, 0.15) is 6.61 Å². The maximum atomic E-state index is 11.7. The summed E-state index contributed by atoms with van der Waals surface area (Å²) in [5.74, 6) is -0.0477. The molecular weight excluding hydrogens is 334 g/mol. The van der Waals surface area contributed by atoms with Gasteiger partial charge in [0.25, 0.3) is 0 Å². The zero-order valence-electron chi connectivity index (χ0n) is 16.5. The maximum Gasteiger partial charge on any atom is 0.246 e. The summed E-state index contributed by atoms with van der Waals surface area (Å²) in [6.07, 6.45) is 2.83. The minimum atomic E-state index is -0.0477. The number of nitrogens with one attached hydrogen (secondary N) is 3. The highest BCUT2D eigenvalue weighted by atomic mass is 16.5. The molecular formula is C18H39N5O3. The second kappa shape index (κ2) is 16.4. The number of carbonyl (C=O) groups excluding carboxylic acids is 1. The van der Waals surface area contributed by atoms with E-state index in [1.165, 1.54) is 0 Å². The van der Waals surface area contributed by atoms with E-state index in [-0.39, 0.29) is 19.1 Å². The Balaban J connectivity index is 1.78. The van der Waals surface area contributed by atoms with E-state index in [2.05, 4.69) is 32.8 Å². The molecule has 1 aliphatic heterocycles. The average Bonchev–Trinajstić information content (AvgIpc) is 2.64. The predicted octanol–water partition coefficient (Wildman–Crippen LogP) is -1.29. The lowest BCUT2D eigenvalue weighted by Gasteiger charge is -2.32. The van der Waals surface area contributed by atoms with Gasteiger partial charge < -0.3 is 35.6 Å². The Morgan fingerprint density at radius 3 is 2.38 bits per heavy atom. The van der Waals surface area contributed by atoms with Crippen molar-refractivity contribution in [1.82, 2.24) is 25.8 Å². The van der Waals surface area contributed by atoms with Gasteiger partial charge in [0.05, 0.1) is 0 Å². The zero-order chi connectivity index (χ0) is 18.9. The normalized spacial score (nSPS) is 16.1. The van der Waals surface area contributed by atoms with Gasteiger partial charge in [-0.2, -0.15) is 0 Å². The van der Waals surface area contributed by atoms with Crippen LogP contribution in [0.5, 0.6) is 0 Å². The highest BCUT2D eigenvalue weighted by Gasteiger charge is 2.12. The summed E-state index contributed by atoms with van der Waals surface area (Å²) in [5, 5.41) is 18.1. The van der Waals surface area contributed by atoms with Gasteiger partial charge in [0.15, 0.2) is 0 Å². The second-order valence-electron chi connectivity index (χ2n) is 6.83. The minimum absolute atomic E-state index is 0.0477. The quantitative estimate of drug-likeness (QED) is 0.250. The molecule has 1 heterocycles. The Morgan fingerprint density at radius 2 is 1.65 bits per heavy atom. The van der Waals surface area contributed by atoms with Crippen LogP contribution in [0.3, 0.4) is 0 Å². The molecule has 1 aliphatic rings. The van der Waals surface area contributed by atoms with Crippen molar-refractivity contribution in [3.05, 3.63) is 0 Å². The molecule has 154 valence electrons. The fourth-order valence-electron chi connectivity index (χ4n) is 2.76. The zero-order valence-corrected chi connectivity index (χ0v) is 16.5. The molecule has 4 N–H and O–H groups in total. The number of piperazine rings is 1. The molecule has 8 heteroatoms. The van der Waals surface area contributed by atoms with E-state index in [1.54, 1.807) is 0 Å². The number of unbranched alkanes of at least 4 members (excludes halogenated alkanes) is 1. The van der Waals surface area contributed by atoms with Crippen LogP contribution in [-0.2, 0) is 9.53 Å². The molecule has 0 aliphatic carbocycles. The number of hydrogen-bond donors (Lipinski definition) is 4. The molecule has 0 unspecified atom stereocenters. The van der Waals surface area contributed by atoms with Gasteiger partial charge in [-0.3, -0.25) is 4.79 Å². The Morgan fingerprint density at radius 1 is 0.962 bits per heavy atom. The lowest BCUT2D eigenvalue weighted by molar-refractivity contribution is -0.125. The molecule has 0 saturated carbocycles. The summed E-state index contributed by atoms with van der Waals surface area (Å²) >= 11 is 0. The summed E-state index contributed by atoms with van der Waals surface area (Å²) in [5.41, 5.74) is 0. The molecule has 26 heavy (non-hydrogen) atoms. The molecule has 0 aromatic carbocycles. The van der Waals surface area contributed by atoms with E-state index in [0.29, 0.717) is 13.2 Å². The largest absolute Gasteiger partial charge is 0.396 e. The molecule has 0 aromatic heterocycles. The predicted molar refractivity (Wildman–Crippen MR) is 104 cm³/mol. The summed E-state index contributed by atoms with van der Waals surface area (Å²) in [6, 6.07) is 0. The van der Waals surface area contributed by atoms with Crippen molar-refractivity contribution < 1.29 is 14.6 Å². The van der Waals surface area contributed by atoms with Crippen LogP contribution in [0, 0.1) is 0 Å². The average molecular weight is 374 g/mol. The topological polar surface area (TPSA) is 89.1 Å². The highest BCUT2D eigenvalue weighted by molar-refractivity contribution is 5.77. The van der Waals surface area contributed by atoms with Gasteiger partial charge in [-0.25, -0.2) is 0 Å². The molecule has 1 fully saturated rings. The number of ether oxygens (including phenoxy) is 1. The van der Waals surface area contributed by atoms with E-state index in [0.717, 1.165) is 78.2 Å². The highest BCUT2D eigenvalue weighted by Crippen LogP contribution is 2.00. The van der Waals surface area contributed by atoms with E-state index in [1.807, 2.05) is 0 Å². The fourth-order valence-corrected chi connectivity index (χ4v) is 2.76. The SMILES string of the molecule is CN1CCN(CCCOCC(=O)NCCNCCNCCCCO)CC1. The molecule has 0 atom stereocenters. The molecule has 0 spiro atoms. The van der Waals surface area contributed by atoms with Crippen molar-refractivity contribution in [2.45, 2.75) is 19.3 Å². The molecule has 0 radical (unpaired) electrons. The van der Waals surface area contributed by atoms with Crippen LogP contribution in [0.15, 0.2) is 0 Å². The Kier molecular flexibility index (Phi) is 14.7. The first-order valence-electron chi connectivity index (χ1n) is 10.00. The smallest absolute Gasteiger partial charge is 0.246 e. The van der Waals surface area contributed by atoms with Crippen LogP contribution in [0.2, 0.25) is 0 Å². The monoisotopic (exact) mass is 373 g/mol. The third-order valence-corrected chi connectivity index (χ3v) is 4.46. The number of aliphatic hydroxyl groups excluding tert-OH is 1. The Bertz CT molecular complexity index is 339. The van der Waals surface area contributed by atoms with Crippen molar-refractivity contribution in [3.8, 4) is 0 Å². The Hall–Kier alpha value is -0.770. The van der Waals surface area contributed by atoms with Gasteiger partial charge in [-0.05, 0) is 32.9 Å². The van der Waals surface area contributed by atoms with Crippen LogP contribution in [-0.4, -0.2) is 113 Å². The van der Waals surface area contributed by atoms with E-state index >= 15 is 0 Å². The van der Waals surface area contributed by atoms with Crippen LogP contribution in [0.1, 0.15) is 19.3 Å². The molecule has 8 nitrogen and oxygen atoms in total. The molecule has 1 amide bonds. The number of carbonyl (C=O) groups is 1. The first-order valence-corrected chi connectivity index (χ1v) is 10.00. The van der Waals surface area contributed by atoms with Gasteiger partial charge in [0, 0.05) is 72.1 Å². The van der Waals surface area contributed by atoms with Crippen molar-refractivity contribution in [2.24, 2.45) is 0 Å². The fraction of sp³-hybridized carbons (Fsp3) is 0.944. The van der Waals surface area contributed by atoms with E-state index in [4.69, 9.17) is 9.84 Å². The molecule has 0 aromatic rings. The number of aliphatic hydroxyl groups is 1. The van der Waals surface area contributed by atoms with Crippen molar-refractivity contribution >= 4 is 5.91 Å². The first-order chi connectivity index (χ1) is 12.7. The summed E-state index contributed by atoms with van der Waals surface area (Å²) in [7, 11) is 2.16. The summed E-state index contributed by atoms with van der Waals surface area (Å²) < 4.78 is 5.45. The number of nitrogens with zero attached hydrogens (tertiary/aromatic N) is 2. The molecule has 1 saturated heterocycles. The van der Waals surface area contributed by atoms with Crippen molar-refractivity contribution in [3.63, 3.8) is 0 Å². The molecule has 0 bridgehead atoms. The van der Waals surface area contributed by atoms with Crippen LogP contribution < -0.4 is 16.0 Å². The van der Waals surface area contributed by atoms with Gasteiger partial charge in [-0.1, -0.05) is 0 Å². The Labute approximate surface area is 158 Å². The number of hydrogen-bond acceptors (Lipinski definition) is 7. The number of amides is 1. The van der Waals surface area contributed by atoms with Crippen LogP contribution in [0.25, 0.3) is 0 Å². The van der Waals surface area contributed by atoms with Gasteiger partial charge >= 0.3 is 0 Å². The van der Waals surface area contributed by atoms with Gasteiger partial charge in [-0.15, -0.1) is 0 Å². The van der Waals surface area contributed by atoms with Crippen molar-refractivity contribution in [2.75, 3.05) is 92.3 Å². The third kappa shape index (κ3) is 13.4. The molecule has 1 rings (SSSR count). The lowest BCUT2D eigenvalue weighted by Crippen LogP contribution is -2.44. The second-order valence-corrected chi connectivity index (χ2v) is 6.83. The van der Waals surface area contributed by atoms with Crippen molar-refractivity contribution in [1.29, 1.82) is 0 Å². The van der Waals surface area contributed by atoms with E-state index < -0.39 is 0 Å². The van der Waals surface area contributed by atoms with Gasteiger partial charge in [0.2, 0.25) is 5.91 Å². The summed E-state index contributed by atoms with van der Waals surface area (Å²) in [6.45, 7) is 10.7. The number of rotatable bonds is 16. The minimum Gasteiger partial charge on any atom is -0.396 e.